The minimum Gasteiger partial charge on any atom is -0.359 e. The summed E-state index contributed by atoms with van der Waals surface area (Å²) in [4.78, 5) is 0. The van der Waals surface area contributed by atoms with E-state index in [4.69, 9.17) is 4.52 Å². The molecule has 1 aromatic rings. The standard InChI is InChI=1S/C8H12N2O.ClH/c1-6-5-8(11-10-6)7-3-2-4-9-7;/h5,7,9H,2-4H2,1H3;1H. The van der Waals surface area contributed by atoms with Gasteiger partial charge in [-0.15, -0.1) is 12.4 Å². The van der Waals surface area contributed by atoms with Crippen molar-refractivity contribution in [3.05, 3.63) is 17.5 Å². The van der Waals surface area contributed by atoms with E-state index in [9.17, 15) is 0 Å². The monoisotopic (exact) mass is 188 g/mol. The number of rotatable bonds is 1. The summed E-state index contributed by atoms with van der Waals surface area (Å²) in [6, 6.07) is 2.42. The molecule has 0 spiro atoms. The van der Waals surface area contributed by atoms with Crippen molar-refractivity contribution in [2.24, 2.45) is 0 Å². The van der Waals surface area contributed by atoms with Crippen molar-refractivity contribution >= 4 is 12.4 Å². The third kappa shape index (κ3) is 1.79. The van der Waals surface area contributed by atoms with E-state index < -0.39 is 0 Å². The molecule has 2 heterocycles. The fraction of sp³-hybridized carbons (Fsp3) is 0.625. The lowest BCUT2D eigenvalue weighted by molar-refractivity contribution is 0.349. The van der Waals surface area contributed by atoms with Crippen LogP contribution in [-0.2, 0) is 0 Å². The molecule has 1 N–H and O–H groups in total. The van der Waals surface area contributed by atoms with Crippen LogP contribution >= 0.6 is 12.4 Å². The number of aryl methyl sites for hydroxylation is 1. The van der Waals surface area contributed by atoms with E-state index in [0.29, 0.717) is 6.04 Å². The number of nitrogens with zero attached hydrogens (tertiary/aromatic N) is 1. The third-order valence-electron chi connectivity index (χ3n) is 2.05. The zero-order chi connectivity index (χ0) is 7.68. The highest BCUT2D eigenvalue weighted by Gasteiger charge is 2.19. The highest BCUT2D eigenvalue weighted by atomic mass is 35.5. The maximum Gasteiger partial charge on any atom is 0.153 e. The first-order chi connectivity index (χ1) is 5.36. The van der Waals surface area contributed by atoms with Gasteiger partial charge in [-0.25, -0.2) is 0 Å². The van der Waals surface area contributed by atoms with Crippen LogP contribution in [0.25, 0.3) is 0 Å². The molecule has 1 aliphatic rings. The maximum absolute atomic E-state index is 5.14. The van der Waals surface area contributed by atoms with Gasteiger partial charge < -0.3 is 9.84 Å². The molecule has 12 heavy (non-hydrogen) atoms. The van der Waals surface area contributed by atoms with Crippen LogP contribution in [0.3, 0.4) is 0 Å². The SMILES string of the molecule is Cc1cc(C2CCCN2)on1.Cl. The van der Waals surface area contributed by atoms with E-state index in [1.807, 2.05) is 13.0 Å². The predicted molar refractivity (Wildman–Crippen MR) is 48.5 cm³/mol. The number of aromatic nitrogens is 1. The molecule has 4 heteroatoms. The minimum absolute atomic E-state index is 0. The van der Waals surface area contributed by atoms with Crippen LogP contribution in [0.4, 0.5) is 0 Å². The molecular formula is C8H13ClN2O. The molecule has 1 aliphatic heterocycles. The fourth-order valence-corrected chi connectivity index (χ4v) is 1.47. The van der Waals surface area contributed by atoms with E-state index in [2.05, 4.69) is 10.5 Å². The largest absolute Gasteiger partial charge is 0.359 e. The molecule has 68 valence electrons. The Hall–Kier alpha value is -0.540. The second-order valence-electron chi connectivity index (χ2n) is 3.02. The quantitative estimate of drug-likeness (QED) is 0.731. The molecule has 0 saturated carbocycles. The zero-order valence-electron chi connectivity index (χ0n) is 7.04. The first-order valence-electron chi connectivity index (χ1n) is 4.03. The molecule has 0 radical (unpaired) electrons. The van der Waals surface area contributed by atoms with E-state index >= 15 is 0 Å². The molecule has 1 aromatic heterocycles. The second-order valence-corrected chi connectivity index (χ2v) is 3.02. The van der Waals surface area contributed by atoms with E-state index in [1.54, 1.807) is 0 Å². The zero-order valence-corrected chi connectivity index (χ0v) is 7.86. The summed E-state index contributed by atoms with van der Waals surface area (Å²) in [5, 5.41) is 7.20. The van der Waals surface area contributed by atoms with Gasteiger partial charge in [-0.05, 0) is 26.3 Å². The number of halogens is 1. The Labute approximate surface area is 77.9 Å². The molecule has 0 aliphatic carbocycles. The van der Waals surface area contributed by atoms with Gasteiger partial charge in [0, 0.05) is 6.07 Å². The van der Waals surface area contributed by atoms with Crippen LogP contribution in [0, 0.1) is 6.92 Å². The Kier molecular flexibility index (Phi) is 3.12. The lowest BCUT2D eigenvalue weighted by Gasteiger charge is -2.02. The van der Waals surface area contributed by atoms with Crippen LogP contribution in [0.1, 0.15) is 30.3 Å². The number of hydrogen-bond donors (Lipinski definition) is 1. The molecule has 1 atom stereocenters. The minimum atomic E-state index is 0. The highest BCUT2D eigenvalue weighted by molar-refractivity contribution is 5.85. The van der Waals surface area contributed by atoms with Crippen LogP contribution in [0.15, 0.2) is 10.6 Å². The van der Waals surface area contributed by atoms with Gasteiger partial charge in [0.2, 0.25) is 0 Å². The molecule has 0 amide bonds. The van der Waals surface area contributed by atoms with E-state index in [-0.39, 0.29) is 12.4 Å². The Morgan fingerprint density at radius 3 is 3.00 bits per heavy atom. The topological polar surface area (TPSA) is 38.1 Å². The summed E-state index contributed by atoms with van der Waals surface area (Å²) in [7, 11) is 0. The highest BCUT2D eigenvalue weighted by Crippen LogP contribution is 2.22. The molecule has 1 fully saturated rings. The van der Waals surface area contributed by atoms with Gasteiger partial charge in [-0.2, -0.15) is 0 Å². The Bertz CT molecular complexity index is 243. The molecule has 2 rings (SSSR count). The van der Waals surface area contributed by atoms with Crippen molar-refractivity contribution in [3.8, 4) is 0 Å². The average Bonchev–Trinajstić information content (AvgIpc) is 2.55. The Morgan fingerprint density at radius 2 is 2.50 bits per heavy atom. The van der Waals surface area contributed by atoms with Gasteiger partial charge in [-0.1, -0.05) is 5.16 Å². The van der Waals surface area contributed by atoms with Gasteiger partial charge in [-0.3, -0.25) is 0 Å². The van der Waals surface area contributed by atoms with Gasteiger partial charge in [0.05, 0.1) is 11.7 Å². The van der Waals surface area contributed by atoms with Gasteiger partial charge >= 0.3 is 0 Å². The maximum atomic E-state index is 5.14. The normalized spacial score (nSPS) is 22.2. The van der Waals surface area contributed by atoms with Crippen molar-refractivity contribution in [1.29, 1.82) is 0 Å². The lowest BCUT2D eigenvalue weighted by Crippen LogP contribution is -2.11. The van der Waals surface area contributed by atoms with Crippen molar-refractivity contribution in [1.82, 2.24) is 10.5 Å². The van der Waals surface area contributed by atoms with Crippen molar-refractivity contribution < 1.29 is 4.52 Å². The summed E-state index contributed by atoms with van der Waals surface area (Å²) in [6.07, 6.45) is 2.42. The molecule has 1 saturated heterocycles. The average molecular weight is 189 g/mol. The summed E-state index contributed by atoms with van der Waals surface area (Å²) >= 11 is 0. The summed E-state index contributed by atoms with van der Waals surface area (Å²) in [6.45, 7) is 3.05. The lowest BCUT2D eigenvalue weighted by atomic mass is 10.2. The summed E-state index contributed by atoms with van der Waals surface area (Å²) in [5.74, 6) is 0.986. The van der Waals surface area contributed by atoms with Crippen LogP contribution in [0.2, 0.25) is 0 Å². The fourth-order valence-electron chi connectivity index (χ4n) is 1.47. The third-order valence-corrected chi connectivity index (χ3v) is 2.05. The van der Waals surface area contributed by atoms with Gasteiger partial charge in [0.15, 0.2) is 5.76 Å². The van der Waals surface area contributed by atoms with Crippen molar-refractivity contribution in [3.63, 3.8) is 0 Å². The van der Waals surface area contributed by atoms with Gasteiger partial charge in [0.25, 0.3) is 0 Å². The van der Waals surface area contributed by atoms with Crippen molar-refractivity contribution in [2.75, 3.05) is 6.54 Å². The van der Waals surface area contributed by atoms with E-state index in [1.165, 1.54) is 12.8 Å². The molecule has 0 aromatic carbocycles. The molecular weight excluding hydrogens is 176 g/mol. The Balaban J connectivity index is 0.000000720. The predicted octanol–water partition coefficient (Wildman–Crippen LogP) is 1.83. The Morgan fingerprint density at radius 1 is 1.67 bits per heavy atom. The first-order valence-corrected chi connectivity index (χ1v) is 4.03. The molecule has 1 unspecified atom stereocenters. The van der Waals surface area contributed by atoms with Crippen LogP contribution in [0.5, 0.6) is 0 Å². The second kappa shape index (κ2) is 3.92. The molecule has 0 bridgehead atoms. The van der Waals surface area contributed by atoms with E-state index in [0.717, 1.165) is 18.0 Å². The summed E-state index contributed by atoms with van der Waals surface area (Å²) in [5.41, 5.74) is 0.966. The molecule has 3 nitrogen and oxygen atoms in total. The number of hydrogen-bond acceptors (Lipinski definition) is 3. The number of nitrogens with one attached hydrogen (secondary N) is 1. The first kappa shape index (κ1) is 9.55. The van der Waals surface area contributed by atoms with Crippen LogP contribution < -0.4 is 5.32 Å². The smallest absolute Gasteiger partial charge is 0.153 e. The van der Waals surface area contributed by atoms with Gasteiger partial charge in [0.1, 0.15) is 0 Å². The van der Waals surface area contributed by atoms with Crippen LogP contribution in [-0.4, -0.2) is 11.7 Å². The summed E-state index contributed by atoms with van der Waals surface area (Å²) < 4.78 is 5.14. The van der Waals surface area contributed by atoms with Crippen molar-refractivity contribution in [2.45, 2.75) is 25.8 Å².